The second kappa shape index (κ2) is 6.59. The molecular formula is C12H21NO4. The number of hydrogen-bond acceptors (Lipinski definition) is 5. The lowest BCUT2D eigenvalue weighted by molar-refractivity contribution is -0.175. The Kier molecular flexibility index (Phi) is 5.41. The summed E-state index contributed by atoms with van der Waals surface area (Å²) < 4.78 is 9.43. The summed E-state index contributed by atoms with van der Waals surface area (Å²) in [6, 6.07) is 0. The van der Waals surface area contributed by atoms with Crippen LogP contribution in [0, 0.1) is 5.92 Å². The number of methoxy groups -OCH3 is 1. The van der Waals surface area contributed by atoms with Gasteiger partial charge in [-0.15, -0.1) is 0 Å². The molecule has 3 fully saturated rings. The van der Waals surface area contributed by atoms with E-state index in [1.54, 1.807) is 0 Å². The normalized spacial score (nSPS) is 29.9. The van der Waals surface area contributed by atoms with E-state index in [9.17, 15) is 9.59 Å². The SMILES string of the molecule is CC.COC(=O)C(=O)O[C@H]1CN2CCC1CC2. The Balaban J connectivity index is 0.000000686. The minimum atomic E-state index is -0.911. The Bertz CT molecular complexity index is 272. The van der Waals surface area contributed by atoms with Crippen molar-refractivity contribution >= 4 is 11.9 Å². The highest BCUT2D eigenvalue weighted by atomic mass is 16.6. The molecule has 0 N–H and O–H groups in total. The first-order chi connectivity index (χ1) is 8.20. The minimum Gasteiger partial charge on any atom is -0.461 e. The quantitative estimate of drug-likeness (QED) is 0.504. The van der Waals surface area contributed by atoms with Crippen molar-refractivity contribution in [3.05, 3.63) is 0 Å². The van der Waals surface area contributed by atoms with Crippen molar-refractivity contribution in [2.45, 2.75) is 32.8 Å². The summed E-state index contributed by atoms with van der Waals surface area (Å²) >= 11 is 0. The molecule has 0 spiro atoms. The van der Waals surface area contributed by atoms with Gasteiger partial charge in [0.1, 0.15) is 6.10 Å². The molecular weight excluding hydrogens is 222 g/mol. The first-order valence-electron chi connectivity index (χ1n) is 6.22. The molecule has 3 saturated heterocycles. The van der Waals surface area contributed by atoms with Gasteiger partial charge >= 0.3 is 11.9 Å². The van der Waals surface area contributed by atoms with Crippen molar-refractivity contribution in [3.63, 3.8) is 0 Å². The molecule has 0 saturated carbocycles. The van der Waals surface area contributed by atoms with E-state index in [1.165, 1.54) is 7.11 Å². The van der Waals surface area contributed by atoms with Crippen molar-refractivity contribution < 1.29 is 19.1 Å². The molecule has 98 valence electrons. The molecule has 2 bridgehead atoms. The molecule has 3 heterocycles. The molecule has 0 aromatic rings. The molecule has 0 radical (unpaired) electrons. The maximum atomic E-state index is 11.2. The van der Waals surface area contributed by atoms with Gasteiger partial charge in [0.15, 0.2) is 0 Å². The monoisotopic (exact) mass is 243 g/mol. The standard InChI is InChI=1S/C10H15NO4.C2H6/c1-14-9(12)10(13)15-8-6-11-4-2-7(8)3-5-11;1-2/h7-8H,2-6H2,1H3;1-2H3/t8-;/m0./s1. The second-order valence-electron chi connectivity index (χ2n) is 4.07. The first kappa shape index (κ1) is 14.0. The predicted molar refractivity (Wildman–Crippen MR) is 62.4 cm³/mol. The van der Waals surface area contributed by atoms with Crippen LogP contribution >= 0.6 is 0 Å². The first-order valence-corrected chi connectivity index (χ1v) is 6.22. The van der Waals surface area contributed by atoms with Gasteiger partial charge in [0.25, 0.3) is 0 Å². The van der Waals surface area contributed by atoms with Gasteiger partial charge in [-0.3, -0.25) is 4.90 Å². The molecule has 3 aliphatic rings. The molecule has 17 heavy (non-hydrogen) atoms. The lowest BCUT2D eigenvalue weighted by Gasteiger charge is -2.43. The van der Waals surface area contributed by atoms with E-state index in [4.69, 9.17) is 4.74 Å². The number of carbonyl (C=O) groups is 2. The molecule has 3 aliphatic heterocycles. The summed E-state index contributed by atoms with van der Waals surface area (Å²) in [4.78, 5) is 24.3. The lowest BCUT2D eigenvalue weighted by atomic mass is 9.86. The van der Waals surface area contributed by atoms with E-state index >= 15 is 0 Å². The zero-order chi connectivity index (χ0) is 12.8. The van der Waals surface area contributed by atoms with Gasteiger partial charge in [0.05, 0.1) is 7.11 Å². The number of nitrogens with zero attached hydrogens (tertiary/aromatic N) is 1. The molecule has 3 rings (SSSR count). The number of carbonyl (C=O) groups excluding carboxylic acids is 2. The average Bonchev–Trinajstić information content (AvgIpc) is 2.41. The van der Waals surface area contributed by atoms with Crippen LogP contribution in [0.3, 0.4) is 0 Å². The van der Waals surface area contributed by atoms with Crippen LogP contribution < -0.4 is 0 Å². The molecule has 0 aromatic carbocycles. The molecule has 5 nitrogen and oxygen atoms in total. The number of esters is 2. The van der Waals surface area contributed by atoms with E-state index < -0.39 is 11.9 Å². The molecule has 0 aliphatic carbocycles. The fourth-order valence-corrected chi connectivity index (χ4v) is 2.31. The Hall–Kier alpha value is -1.10. The zero-order valence-corrected chi connectivity index (χ0v) is 10.8. The fraction of sp³-hybridized carbons (Fsp3) is 0.833. The molecule has 0 amide bonds. The largest absolute Gasteiger partial charge is 0.461 e. The van der Waals surface area contributed by atoms with Crippen LogP contribution in [0.5, 0.6) is 0 Å². The van der Waals surface area contributed by atoms with Crippen LogP contribution in [0.4, 0.5) is 0 Å². The zero-order valence-electron chi connectivity index (χ0n) is 10.8. The summed E-state index contributed by atoms with van der Waals surface area (Å²) in [5.74, 6) is -1.36. The number of rotatable bonds is 1. The van der Waals surface area contributed by atoms with Crippen molar-refractivity contribution in [1.29, 1.82) is 0 Å². The van der Waals surface area contributed by atoms with E-state index in [0.29, 0.717) is 5.92 Å². The van der Waals surface area contributed by atoms with Gasteiger partial charge in [-0.05, 0) is 31.8 Å². The highest BCUT2D eigenvalue weighted by Gasteiger charge is 2.37. The molecule has 5 heteroatoms. The maximum absolute atomic E-state index is 11.2. The van der Waals surface area contributed by atoms with Crippen molar-refractivity contribution in [2.24, 2.45) is 5.92 Å². The van der Waals surface area contributed by atoms with Crippen LogP contribution in [0.25, 0.3) is 0 Å². The maximum Gasteiger partial charge on any atom is 0.417 e. The van der Waals surface area contributed by atoms with Gasteiger partial charge in [-0.2, -0.15) is 0 Å². The average molecular weight is 243 g/mol. The highest BCUT2D eigenvalue weighted by molar-refractivity contribution is 6.29. The molecule has 0 aromatic heterocycles. The van der Waals surface area contributed by atoms with Crippen LogP contribution in [0.1, 0.15) is 26.7 Å². The topological polar surface area (TPSA) is 55.8 Å². The van der Waals surface area contributed by atoms with Crippen molar-refractivity contribution in [1.82, 2.24) is 4.90 Å². The third-order valence-corrected chi connectivity index (χ3v) is 3.21. The number of fused-ring (bicyclic) bond motifs is 3. The Morgan fingerprint density at radius 3 is 2.12 bits per heavy atom. The van der Waals surface area contributed by atoms with Gasteiger partial charge in [-0.1, -0.05) is 13.8 Å². The number of piperidine rings is 3. The number of ether oxygens (including phenoxy) is 2. The van der Waals surface area contributed by atoms with Crippen molar-refractivity contribution in [3.8, 4) is 0 Å². The summed E-state index contributed by atoms with van der Waals surface area (Å²) in [5, 5.41) is 0. The van der Waals surface area contributed by atoms with Crippen molar-refractivity contribution in [2.75, 3.05) is 26.7 Å². The minimum absolute atomic E-state index is 0.126. The summed E-state index contributed by atoms with van der Waals surface area (Å²) in [6.45, 7) is 6.92. The van der Waals surface area contributed by atoms with E-state index in [-0.39, 0.29) is 6.10 Å². The Labute approximate surface area is 102 Å². The lowest BCUT2D eigenvalue weighted by Crippen LogP contribution is -2.52. The third kappa shape index (κ3) is 3.43. The summed E-state index contributed by atoms with van der Waals surface area (Å²) in [6.07, 6.45) is 1.98. The van der Waals surface area contributed by atoms with Gasteiger partial charge in [-0.25, -0.2) is 9.59 Å². The Morgan fingerprint density at radius 2 is 1.71 bits per heavy atom. The highest BCUT2D eigenvalue weighted by Crippen LogP contribution is 2.29. The smallest absolute Gasteiger partial charge is 0.417 e. The van der Waals surface area contributed by atoms with E-state index in [0.717, 1.165) is 32.5 Å². The van der Waals surface area contributed by atoms with Crippen LogP contribution in [-0.4, -0.2) is 49.7 Å². The fourth-order valence-electron chi connectivity index (χ4n) is 2.31. The summed E-state index contributed by atoms with van der Waals surface area (Å²) in [5.41, 5.74) is 0. The number of hydrogen-bond donors (Lipinski definition) is 0. The van der Waals surface area contributed by atoms with Gasteiger partial charge < -0.3 is 9.47 Å². The Morgan fingerprint density at radius 1 is 1.12 bits per heavy atom. The summed E-state index contributed by atoms with van der Waals surface area (Å²) in [7, 11) is 1.18. The van der Waals surface area contributed by atoms with Crippen LogP contribution in [-0.2, 0) is 19.1 Å². The predicted octanol–water partition coefficient (Wildman–Crippen LogP) is 0.823. The van der Waals surface area contributed by atoms with Crippen LogP contribution in [0.15, 0.2) is 0 Å². The van der Waals surface area contributed by atoms with E-state index in [1.807, 2.05) is 13.8 Å². The van der Waals surface area contributed by atoms with E-state index in [2.05, 4.69) is 9.64 Å². The van der Waals surface area contributed by atoms with Gasteiger partial charge in [0.2, 0.25) is 0 Å². The third-order valence-electron chi connectivity index (χ3n) is 3.21. The second-order valence-corrected chi connectivity index (χ2v) is 4.07. The molecule has 0 unspecified atom stereocenters. The van der Waals surface area contributed by atoms with Crippen LogP contribution in [0.2, 0.25) is 0 Å². The van der Waals surface area contributed by atoms with Gasteiger partial charge in [0, 0.05) is 6.54 Å². The molecule has 1 atom stereocenters.